The van der Waals surface area contributed by atoms with Gasteiger partial charge in [-0.25, -0.2) is 4.98 Å². The van der Waals surface area contributed by atoms with Crippen LogP contribution in [0.1, 0.15) is 6.42 Å². The Labute approximate surface area is 104 Å². The van der Waals surface area contributed by atoms with Gasteiger partial charge in [0.15, 0.2) is 0 Å². The monoisotopic (exact) mass is 253 g/mol. The molecule has 0 radical (unpaired) electrons. The number of anilines is 2. The predicted octanol–water partition coefficient (Wildman–Crippen LogP) is 0.944. The molecule has 0 saturated carbocycles. The highest BCUT2D eigenvalue weighted by Gasteiger charge is 2.19. The third kappa shape index (κ3) is 2.70. The van der Waals surface area contributed by atoms with Crippen molar-refractivity contribution in [3.05, 3.63) is 12.3 Å². The van der Waals surface area contributed by atoms with Gasteiger partial charge >= 0.3 is 0 Å². The van der Waals surface area contributed by atoms with E-state index in [1.807, 2.05) is 6.07 Å². The Kier molecular flexibility index (Phi) is 3.86. The van der Waals surface area contributed by atoms with Gasteiger partial charge in [0.2, 0.25) is 5.91 Å². The third-order valence-corrected chi connectivity index (χ3v) is 3.62. The molecule has 0 spiro atoms. The van der Waals surface area contributed by atoms with Gasteiger partial charge in [0.05, 0.1) is 18.5 Å². The molecule has 1 aliphatic rings. The normalized spacial score (nSPS) is 15.4. The molecule has 0 saturated heterocycles. The molecule has 0 aliphatic carbocycles. The molecule has 0 unspecified atom stereocenters. The lowest BCUT2D eigenvalue weighted by Crippen LogP contribution is -2.25. The van der Waals surface area contributed by atoms with Crippen LogP contribution in [0.2, 0.25) is 0 Å². The number of hydrogen-bond acceptors (Lipinski definition) is 5. The predicted molar refractivity (Wildman–Crippen MR) is 68.6 cm³/mol. The lowest BCUT2D eigenvalue weighted by Gasteiger charge is -2.17. The summed E-state index contributed by atoms with van der Waals surface area (Å²) in [6.45, 7) is 0.551. The molecule has 17 heavy (non-hydrogen) atoms. The number of carbonyl (C=O) groups excluding carboxylic acids is 1. The molecule has 2 heterocycles. The zero-order valence-electron chi connectivity index (χ0n) is 9.64. The lowest BCUT2D eigenvalue weighted by molar-refractivity contribution is -0.117. The van der Waals surface area contributed by atoms with Crippen LogP contribution in [0.15, 0.2) is 17.2 Å². The van der Waals surface area contributed by atoms with Gasteiger partial charge in [-0.1, -0.05) is 0 Å². The lowest BCUT2D eigenvalue weighted by atomic mass is 10.3. The minimum atomic E-state index is 0.0737. The molecular formula is C11H15N3O2S. The minimum Gasteiger partial charge on any atom is -0.395 e. The van der Waals surface area contributed by atoms with Gasteiger partial charge in [-0.05, 0) is 6.07 Å². The van der Waals surface area contributed by atoms with Gasteiger partial charge in [0.25, 0.3) is 0 Å². The topological polar surface area (TPSA) is 65.5 Å². The van der Waals surface area contributed by atoms with Crippen molar-refractivity contribution < 1.29 is 9.90 Å². The van der Waals surface area contributed by atoms with E-state index < -0.39 is 0 Å². The Morgan fingerprint density at radius 2 is 2.47 bits per heavy atom. The Morgan fingerprint density at radius 1 is 1.65 bits per heavy atom. The largest absolute Gasteiger partial charge is 0.395 e. The first kappa shape index (κ1) is 12.2. The summed E-state index contributed by atoms with van der Waals surface area (Å²) < 4.78 is 0. The van der Waals surface area contributed by atoms with E-state index in [9.17, 15) is 4.79 Å². The van der Waals surface area contributed by atoms with Crippen molar-refractivity contribution >= 4 is 29.2 Å². The highest BCUT2D eigenvalue weighted by Crippen LogP contribution is 2.34. The van der Waals surface area contributed by atoms with Crippen molar-refractivity contribution in [2.45, 2.75) is 11.3 Å². The Morgan fingerprint density at radius 3 is 3.24 bits per heavy atom. The maximum absolute atomic E-state index is 11.7. The average molecular weight is 253 g/mol. The fraction of sp³-hybridized carbons (Fsp3) is 0.455. The summed E-state index contributed by atoms with van der Waals surface area (Å²) in [5, 5.41) is 11.8. The van der Waals surface area contributed by atoms with E-state index in [2.05, 4.69) is 10.3 Å². The first-order valence-corrected chi connectivity index (χ1v) is 6.45. The molecule has 0 atom stereocenters. The Balaban J connectivity index is 2.26. The summed E-state index contributed by atoms with van der Waals surface area (Å²) in [6.07, 6.45) is 2.25. The first-order valence-electron chi connectivity index (χ1n) is 5.46. The van der Waals surface area contributed by atoms with Crippen LogP contribution in [0.25, 0.3) is 0 Å². The van der Waals surface area contributed by atoms with Crippen LogP contribution >= 0.6 is 11.8 Å². The van der Waals surface area contributed by atoms with Crippen molar-refractivity contribution in [2.24, 2.45) is 0 Å². The number of aromatic nitrogens is 1. The van der Waals surface area contributed by atoms with E-state index in [1.54, 1.807) is 29.9 Å². The summed E-state index contributed by atoms with van der Waals surface area (Å²) in [5.41, 5.74) is 0.854. The van der Waals surface area contributed by atoms with E-state index >= 15 is 0 Å². The highest BCUT2D eigenvalue weighted by atomic mass is 32.2. The molecule has 1 amide bonds. The highest BCUT2D eigenvalue weighted by molar-refractivity contribution is 7.99. The molecular weight excluding hydrogens is 238 g/mol. The van der Waals surface area contributed by atoms with Crippen LogP contribution in [-0.4, -0.2) is 41.9 Å². The van der Waals surface area contributed by atoms with Gasteiger partial charge in [0, 0.05) is 30.7 Å². The minimum absolute atomic E-state index is 0.0737. The molecule has 92 valence electrons. The smallest absolute Gasteiger partial charge is 0.227 e. The Hall–Kier alpha value is -1.27. The number of pyridine rings is 1. The standard InChI is InChI=1S/C11H15N3O2S/c1-14-8-7-13-10(12-3-4-15)6-9(8)17-5-2-11(14)16/h6-7,15H,2-5H2,1H3,(H,12,13). The molecule has 0 bridgehead atoms. The van der Waals surface area contributed by atoms with Crippen molar-refractivity contribution in [3.8, 4) is 0 Å². The number of carbonyl (C=O) groups is 1. The van der Waals surface area contributed by atoms with E-state index in [0.717, 1.165) is 22.2 Å². The number of nitrogens with one attached hydrogen (secondary N) is 1. The van der Waals surface area contributed by atoms with Gasteiger partial charge < -0.3 is 15.3 Å². The first-order chi connectivity index (χ1) is 8.22. The van der Waals surface area contributed by atoms with Crippen LogP contribution in [0.3, 0.4) is 0 Å². The van der Waals surface area contributed by atoms with Gasteiger partial charge in [-0.15, -0.1) is 11.8 Å². The molecule has 6 heteroatoms. The summed E-state index contributed by atoms with van der Waals surface area (Å²) in [4.78, 5) is 18.6. The molecule has 1 aliphatic heterocycles. The fourth-order valence-electron chi connectivity index (χ4n) is 1.63. The summed E-state index contributed by atoms with van der Waals surface area (Å²) >= 11 is 1.66. The maximum Gasteiger partial charge on any atom is 0.227 e. The van der Waals surface area contributed by atoms with Crippen molar-refractivity contribution in [1.82, 2.24) is 4.98 Å². The second-order valence-corrected chi connectivity index (χ2v) is 4.88. The van der Waals surface area contributed by atoms with Crippen LogP contribution in [0, 0.1) is 0 Å². The van der Waals surface area contributed by atoms with Crippen LogP contribution in [0.5, 0.6) is 0 Å². The van der Waals surface area contributed by atoms with Gasteiger partial charge in [-0.3, -0.25) is 4.79 Å². The van der Waals surface area contributed by atoms with E-state index in [4.69, 9.17) is 5.11 Å². The number of amides is 1. The average Bonchev–Trinajstić information content (AvgIpc) is 2.48. The van der Waals surface area contributed by atoms with Crippen LogP contribution < -0.4 is 10.2 Å². The molecule has 5 nitrogen and oxygen atoms in total. The third-order valence-electron chi connectivity index (χ3n) is 2.57. The molecule has 0 aromatic carbocycles. The van der Waals surface area contributed by atoms with Crippen LogP contribution in [-0.2, 0) is 4.79 Å². The second-order valence-electron chi connectivity index (χ2n) is 3.74. The number of aliphatic hydroxyl groups excluding tert-OH is 1. The Bertz CT molecular complexity index is 425. The molecule has 0 fully saturated rings. The zero-order chi connectivity index (χ0) is 12.3. The zero-order valence-corrected chi connectivity index (χ0v) is 10.5. The van der Waals surface area contributed by atoms with E-state index in [-0.39, 0.29) is 12.5 Å². The number of hydrogen-bond donors (Lipinski definition) is 2. The van der Waals surface area contributed by atoms with Crippen molar-refractivity contribution in [3.63, 3.8) is 0 Å². The number of fused-ring (bicyclic) bond motifs is 1. The fourth-order valence-corrected chi connectivity index (χ4v) is 2.66. The number of aliphatic hydroxyl groups is 1. The molecule has 2 N–H and O–H groups in total. The van der Waals surface area contributed by atoms with E-state index in [0.29, 0.717) is 13.0 Å². The quantitative estimate of drug-likeness (QED) is 0.839. The van der Waals surface area contributed by atoms with Gasteiger partial charge in [0.1, 0.15) is 5.82 Å². The van der Waals surface area contributed by atoms with E-state index in [1.165, 1.54) is 0 Å². The maximum atomic E-state index is 11.7. The summed E-state index contributed by atoms with van der Waals surface area (Å²) in [6, 6.07) is 1.92. The summed E-state index contributed by atoms with van der Waals surface area (Å²) in [5.74, 6) is 1.64. The number of nitrogens with zero attached hydrogens (tertiary/aromatic N) is 2. The van der Waals surface area contributed by atoms with Gasteiger partial charge in [-0.2, -0.15) is 0 Å². The van der Waals surface area contributed by atoms with Crippen molar-refractivity contribution in [2.75, 3.05) is 36.2 Å². The van der Waals surface area contributed by atoms with Crippen molar-refractivity contribution in [1.29, 1.82) is 0 Å². The molecule has 2 rings (SSSR count). The summed E-state index contributed by atoms with van der Waals surface area (Å²) in [7, 11) is 1.77. The SMILES string of the molecule is CN1C(=O)CCSc2cc(NCCO)ncc21. The van der Waals surface area contributed by atoms with Crippen LogP contribution in [0.4, 0.5) is 11.5 Å². The number of rotatable bonds is 3. The second kappa shape index (κ2) is 5.37. The number of thioether (sulfide) groups is 1. The molecule has 1 aromatic rings. The molecule has 1 aromatic heterocycles.